The largest absolute Gasteiger partial charge is 0.325 e. The van der Waals surface area contributed by atoms with E-state index in [0.29, 0.717) is 0 Å². The molecule has 0 atom stereocenters. The van der Waals surface area contributed by atoms with E-state index in [2.05, 4.69) is 50.5 Å². The Kier molecular flexibility index (Phi) is 7.59. The van der Waals surface area contributed by atoms with Crippen molar-refractivity contribution in [1.29, 1.82) is 0 Å². The van der Waals surface area contributed by atoms with Crippen LogP contribution in [-0.2, 0) is 35.3 Å². The van der Waals surface area contributed by atoms with Crippen LogP contribution in [0.15, 0.2) is 36.4 Å². The molecule has 0 unspecified atom stereocenters. The number of benzene rings is 2. The van der Waals surface area contributed by atoms with Gasteiger partial charge in [-0.2, -0.15) is 0 Å². The first kappa shape index (κ1) is 20.7. The number of hydrogen-bond donors (Lipinski definition) is 2. The van der Waals surface area contributed by atoms with Crippen molar-refractivity contribution in [3.63, 3.8) is 0 Å². The lowest BCUT2D eigenvalue weighted by Gasteiger charge is -2.13. The summed E-state index contributed by atoms with van der Waals surface area (Å²) in [6.07, 6.45) is 3.39. The minimum Gasteiger partial charge on any atom is -0.325 e. The van der Waals surface area contributed by atoms with Gasteiger partial charge in [0.1, 0.15) is 6.42 Å². The fourth-order valence-corrected chi connectivity index (χ4v) is 3.10. The molecule has 2 rings (SSSR count). The van der Waals surface area contributed by atoms with Crippen molar-refractivity contribution in [2.45, 2.75) is 59.8 Å². The zero-order chi connectivity index (χ0) is 19.8. The summed E-state index contributed by atoms with van der Waals surface area (Å²) in [6.45, 7) is 8.33. The van der Waals surface area contributed by atoms with E-state index in [-0.39, 0.29) is 18.2 Å². The van der Waals surface area contributed by atoms with E-state index in [1.807, 2.05) is 24.3 Å². The molecule has 144 valence electrons. The molecule has 0 saturated carbocycles. The van der Waals surface area contributed by atoms with Crippen LogP contribution in [0, 0.1) is 0 Å². The van der Waals surface area contributed by atoms with Crippen LogP contribution in [0.4, 0.5) is 11.4 Å². The van der Waals surface area contributed by atoms with E-state index in [1.54, 1.807) is 0 Å². The Morgan fingerprint density at radius 3 is 1.41 bits per heavy atom. The van der Waals surface area contributed by atoms with E-state index in [9.17, 15) is 9.59 Å². The first-order chi connectivity index (χ1) is 13.0. The lowest BCUT2D eigenvalue weighted by atomic mass is 10.0. The Morgan fingerprint density at radius 1 is 0.667 bits per heavy atom. The molecule has 0 fully saturated rings. The van der Waals surface area contributed by atoms with E-state index < -0.39 is 0 Å². The van der Waals surface area contributed by atoms with Crippen molar-refractivity contribution in [1.82, 2.24) is 0 Å². The van der Waals surface area contributed by atoms with E-state index in [1.165, 1.54) is 11.1 Å². The molecule has 2 aromatic rings. The van der Waals surface area contributed by atoms with Gasteiger partial charge in [-0.25, -0.2) is 0 Å². The van der Waals surface area contributed by atoms with Gasteiger partial charge in [-0.1, -0.05) is 52.0 Å². The molecule has 4 heteroatoms. The molecule has 27 heavy (non-hydrogen) atoms. The summed E-state index contributed by atoms with van der Waals surface area (Å²) in [5.74, 6) is -0.593. The molecule has 2 N–H and O–H groups in total. The Bertz CT molecular complexity index is 745. The zero-order valence-corrected chi connectivity index (χ0v) is 16.8. The molecule has 0 heterocycles. The highest BCUT2D eigenvalue weighted by Gasteiger charge is 2.13. The smallest absolute Gasteiger partial charge is 0.233 e. The van der Waals surface area contributed by atoms with E-state index >= 15 is 0 Å². The minimum absolute atomic E-state index is 0.197. The summed E-state index contributed by atoms with van der Waals surface area (Å²) in [5, 5.41) is 5.75. The van der Waals surface area contributed by atoms with Crippen LogP contribution in [-0.4, -0.2) is 11.8 Å². The summed E-state index contributed by atoms with van der Waals surface area (Å²) >= 11 is 0. The van der Waals surface area contributed by atoms with Crippen LogP contribution in [0.2, 0.25) is 0 Å². The molecule has 0 saturated heterocycles. The van der Waals surface area contributed by atoms with Crippen LogP contribution in [0.25, 0.3) is 0 Å². The maximum atomic E-state index is 12.3. The topological polar surface area (TPSA) is 58.2 Å². The Hall–Kier alpha value is -2.62. The highest BCUT2D eigenvalue weighted by atomic mass is 16.2. The quantitative estimate of drug-likeness (QED) is 0.653. The molecule has 0 aliphatic heterocycles. The number of carbonyl (C=O) groups is 2. The van der Waals surface area contributed by atoms with Crippen LogP contribution in [0.5, 0.6) is 0 Å². The molecule has 4 nitrogen and oxygen atoms in total. The molecule has 2 aromatic carbocycles. The average molecular weight is 367 g/mol. The van der Waals surface area contributed by atoms with Crippen molar-refractivity contribution in [2.75, 3.05) is 10.6 Å². The second kappa shape index (κ2) is 9.91. The van der Waals surface area contributed by atoms with Crippen LogP contribution in [0.3, 0.4) is 0 Å². The minimum atomic E-state index is -0.297. The van der Waals surface area contributed by atoms with Gasteiger partial charge < -0.3 is 10.6 Å². The molecule has 0 aliphatic rings. The Labute approximate surface area is 162 Å². The number of carbonyl (C=O) groups excluding carboxylic acids is 2. The molecule has 0 aliphatic carbocycles. The average Bonchev–Trinajstić information content (AvgIpc) is 2.68. The fraction of sp³-hybridized carbons (Fsp3) is 0.391. The van der Waals surface area contributed by atoms with Gasteiger partial charge in [0.2, 0.25) is 11.8 Å². The SMILES string of the molecule is CCc1ccc(NC(=O)CC(=O)Nc2ccc(CC)cc2CC)c(CC)c1. The monoisotopic (exact) mass is 366 g/mol. The summed E-state index contributed by atoms with van der Waals surface area (Å²) in [7, 11) is 0. The first-order valence-corrected chi connectivity index (χ1v) is 9.83. The number of hydrogen-bond acceptors (Lipinski definition) is 2. The predicted molar refractivity (Wildman–Crippen MR) is 112 cm³/mol. The molecule has 0 radical (unpaired) electrons. The number of anilines is 2. The van der Waals surface area contributed by atoms with Crippen molar-refractivity contribution in [2.24, 2.45) is 0 Å². The van der Waals surface area contributed by atoms with Gasteiger partial charge in [0, 0.05) is 11.4 Å². The van der Waals surface area contributed by atoms with Gasteiger partial charge in [0.05, 0.1) is 0 Å². The molecule has 0 spiro atoms. The van der Waals surface area contributed by atoms with Crippen LogP contribution in [0.1, 0.15) is 56.4 Å². The van der Waals surface area contributed by atoms with Gasteiger partial charge in [-0.05, 0) is 60.1 Å². The molecular formula is C23H30N2O2. The van der Waals surface area contributed by atoms with Gasteiger partial charge in [0.15, 0.2) is 0 Å². The van der Waals surface area contributed by atoms with Gasteiger partial charge >= 0.3 is 0 Å². The number of aryl methyl sites for hydroxylation is 4. The highest BCUT2D eigenvalue weighted by Crippen LogP contribution is 2.20. The van der Waals surface area contributed by atoms with Crippen molar-refractivity contribution in [3.05, 3.63) is 58.7 Å². The maximum absolute atomic E-state index is 12.3. The second-order valence-electron chi connectivity index (χ2n) is 6.67. The number of nitrogens with one attached hydrogen (secondary N) is 2. The van der Waals surface area contributed by atoms with Crippen molar-refractivity contribution >= 4 is 23.2 Å². The third-order valence-electron chi connectivity index (χ3n) is 4.79. The normalized spacial score (nSPS) is 10.5. The Balaban J connectivity index is 2.01. The van der Waals surface area contributed by atoms with E-state index in [4.69, 9.17) is 0 Å². The van der Waals surface area contributed by atoms with Gasteiger partial charge in [-0.3, -0.25) is 9.59 Å². The first-order valence-electron chi connectivity index (χ1n) is 9.83. The summed E-state index contributed by atoms with van der Waals surface area (Å²) < 4.78 is 0. The van der Waals surface area contributed by atoms with Crippen molar-refractivity contribution < 1.29 is 9.59 Å². The van der Waals surface area contributed by atoms with Gasteiger partial charge in [0.25, 0.3) is 0 Å². The maximum Gasteiger partial charge on any atom is 0.233 e. The third-order valence-corrected chi connectivity index (χ3v) is 4.79. The van der Waals surface area contributed by atoms with Crippen LogP contribution >= 0.6 is 0 Å². The lowest BCUT2D eigenvalue weighted by molar-refractivity contribution is -0.123. The van der Waals surface area contributed by atoms with Gasteiger partial charge in [-0.15, -0.1) is 0 Å². The highest BCUT2D eigenvalue weighted by molar-refractivity contribution is 6.08. The summed E-state index contributed by atoms with van der Waals surface area (Å²) in [6, 6.07) is 12.1. The molecular weight excluding hydrogens is 336 g/mol. The lowest BCUT2D eigenvalue weighted by Crippen LogP contribution is -2.22. The predicted octanol–water partition coefficient (Wildman–Crippen LogP) is 4.90. The standard InChI is InChI=1S/C23H30N2O2/c1-5-16-9-11-20(18(7-3)13-16)24-22(26)15-23(27)25-21-12-10-17(6-2)14-19(21)8-4/h9-14H,5-8,15H2,1-4H3,(H,24,26)(H,25,27). The second-order valence-corrected chi connectivity index (χ2v) is 6.67. The molecule has 0 bridgehead atoms. The Morgan fingerprint density at radius 2 is 1.07 bits per heavy atom. The van der Waals surface area contributed by atoms with Crippen molar-refractivity contribution in [3.8, 4) is 0 Å². The fourth-order valence-electron chi connectivity index (χ4n) is 3.10. The summed E-state index contributed by atoms with van der Waals surface area (Å²) in [4.78, 5) is 24.6. The number of amides is 2. The summed E-state index contributed by atoms with van der Waals surface area (Å²) in [5.41, 5.74) is 6.23. The number of rotatable bonds is 8. The van der Waals surface area contributed by atoms with Crippen LogP contribution < -0.4 is 10.6 Å². The van der Waals surface area contributed by atoms with E-state index in [0.717, 1.165) is 48.2 Å². The molecule has 2 amide bonds. The molecule has 0 aromatic heterocycles. The third kappa shape index (κ3) is 5.68. The zero-order valence-electron chi connectivity index (χ0n) is 16.8.